The van der Waals surface area contributed by atoms with E-state index in [4.69, 9.17) is 0 Å². The second kappa shape index (κ2) is 3.56. The number of carbonyl (C=O) groups is 2. The summed E-state index contributed by atoms with van der Waals surface area (Å²) in [4.78, 5) is 22.1. The molecular weight excluding hydrogens is 156 g/mol. The highest BCUT2D eigenvalue weighted by Gasteiger charge is 2.31. The van der Waals surface area contributed by atoms with Crippen molar-refractivity contribution in [3.05, 3.63) is 0 Å². The molecule has 12 heavy (non-hydrogen) atoms. The van der Waals surface area contributed by atoms with Gasteiger partial charge >= 0.3 is 0 Å². The summed E-state index contributed by atoms with van der Waals surface area (Å²) in [6, 6.07) is -0.414. The van der Waals surface area contributed by atoms with Crippen molar-refractivity contribution in [2.45, 2.75) is 25.8 Å². The van der Waals surface area contributed by atoms with Crippen LogP contribution in [0.4, 0.5) is 0 Å². The number of carbonyl (C=O) groups excluding carboxylic acids is 2. The summed E-state index contributed by atoms with van der Waals surface area (Å²) in [5, 5.41) is 5.12. The van der Waals surface area contributed by atoms with Crippen LogP contribution in [-0.2, 0) is 9.59 Å². The van der Waals surface area contributed by atoms with Gasteiger partial charge in [0.2, 0.25) is 11.8 Å². The van der Waals surface area contributed by atoms with E-state index in [-0.39, 0.29) is 17.7 Å². The monoisotopic (exact) mass is 170 g/mol. The Morgan fingerprint density at radius 1 is 1.42 bits per heavy atom. The third-order valence-corrected chi connectivity index (χ3v) is 1.95. The molecule has 0 spiro atoms. The Hall–Kier alpha value is -1.06. The molecule has 68 valence electrons. The number of hydrogen-bond donors (Lipinski definition) is 2. The average molecular weight is 170 g/mol. The van der Waals surface area contributed by atoms with Crippen LogP contribution in [0.2, 0.25) is 0 Å². The highest BCUT2D eigenvalue weighted by Crippen LogP contribution is 2.28. The molecule has 1 unspecified atom stereocenters. The van der Waals surface area contributed by atoms with Crippen LogP contribution in [0, 0.1) is 5.92 Å². The van der Waals surface area contributed by atoms with Crippen molar-refractivity contribution in [1.82, 2.24) is 10.6 Å². The van der Waals surface area contributed by atoms with Crippen LogP contribution in [0.5, 0.6) is 0 Å². The fraction of sp³-hybridized carbons (Fsp3) is 0.750. The smallest absolute Gasteiger partial charge is 0.242 e. The minimum atomic E-state index is -0.414. The van der Waals surface area contributed by atoms with Gasteiger partial charge in [-0.3, -0.25) is 9.59 Å². The lowest BCUT2D eigenvalue weighted by molar-refractivity contribution is -0.128. The Morgan fingerprint density at radius 3 is 2.42 bits per heavy atom. The topological polar surface area (TPSA) is 58.2 Å². The Kier molecular flexibility index (Phi) is 2.68. The van der Waals surface area contributed by atoms with Crippen LogP contribution in [0.25, 0.3) is 0 Å². The van der Waals surface area contributed by atoms with Crippen molar-refractivity contribution in [3.63, 3.8) is 0 Å². The first-order valence-corrected chi connectivity index (χ1v) is 4.17. The summed E-state index contributed by atoms with van der Waals surface area (Å²) in [6.45, 7) is 1.68. The largest absolute Gasteiger partial charge is 0.357 e. The van der Waals surface area contributed by atoms with Crippen LogP contribution in [0.1, 0.15) is 19.8 Å². The van der Waals surface area contributed by atoms with E-state index in [9.17, 15) is 9.59 Å². The van der Waals surface area contributed by atoms with Gasteiger partial charge in [0.25, 0.3) is 0 Å². The summed E-state index contributed by atoms with van der Waals surface area (Å²) in [7, 11) is 1.56. The van der Waals surface area contributed by atoms with Crippen LogP contribution in [0.15, 0.2) is 0 Å². The van der Waals surface area contributed by atoms with Crippen LogP contribution >= 0.6 is 0 Å². The van der Waals surface area contributed by atoms with Crippen molar-refractivity contribution in [1.29, 1.82) is 0 Å². The lowest BCUT2D eigenvalue weighted by Crippen LogP contribution is -2.44. The highest BCUT2D eigenvalue weighted by molar-refractivity contribution is 5.88. The molecule has 0 aliphatic heterocycles. The van der Waals surface area contributed by atoms with E-state index >= 15 is 0 Å². The van der Waals surface area contributed by atoms with E-state index in [1.54, 1.807) is 14.0 Å². The number of rotatable bonds is 3. The number of nitrogens with one attached hydrogen (secondary N) is 2. The van der Waals surface area contributed by atoms with E-state index in [0.717, 1.165) is 12.8 Å². The molecule has 0 heterocycles. The Morgan fingerprint density at radius 2 is 2.00 bits per heavy atom. The molecule has 1 atom stereocenters. The van der Waals surface area contributed by atoms with Crippen LogP contribution in [-0.4, -0.2) is 24.9 Å². The third-order valence-electron chi connectivity index (χ3n) is 1.95. The zero-order chi connectivity index (χ0) is 9.14. The second-order valence-corrected chi connectivity index (χ2v) is 3.12. The van der Waals surface area contributed by atoms with Crippen LogP contribution < -0.4 is 10.6 Å². The molecule has 4 nitrogen and oxygen atoms in total. The van der Waals surface area contributed by atoms with E-state index in [2.05, 4.69) is 10.6 Å². The summed E-state index contributed by atoms with van der Waals surface area (Å²) in [5.41, 5.74) is 0. The van der Waals surface area contributed by atoms with Crippen molar-refractivity contribution < 1.29 is 9.59 Å². The molecule has 0 bridgehead atoms. The maximum atomic E-state index is 11.1. The molecule has 1 rings (SSSR count). The molecule has 0 saturated heterocycles. The van der Waals surface area contributed by atoms with Gasteiger partial charge in [-0.15, -0.1) is 0 Å². The minimum absolute atomic E-state index is 0.00565. The molecule has 0 aromatic rings. The van der Waals surface area contributed by atoms with Crippen molar-refractivity contribution in [2.24, 2.45) is 5.92 Å². The predicted octanol–water partition coefficient (Wildman–Crippen LogP) is -0.353. The first-order chi connectivity index (χ1) is 5.65. The fourth-order valence-electron chi connectivity index (χ4n) is 0.959. The predicted molar refractivity (Wildman–Crippen MR) is 44.4 cm³/mol. The SMILES string of the molecule is CNC(=O)C(C)NC(=O)C1CC1. The molecule has 0 radical (unpaired) electrons. The molecule has 2 N–H and O–H groups in total. The molecule has 1 aliphatic rings. The lowest BCUT2D eigenvalue weighted by Gasteiger charge is -2.11. The Balaban J connectivity index is 2.29. The molecule has 2 amide bonds. The Bertz CT molecular complexity index is 199. The summed E-state index contributed by atoms with van der Waals surface area (Å²) in [6.07, 6.45) is 1.93. The van der Waals surface area contributed by atoms with Crippen LogP contribution in [0.3, 0.4) is 0 Å². The maximum absolute atomic E-state index is 11.1. The lowest BCUT2D eigenvalue weighted by atomic mass is 10.3. The molecule has 4 heteroatoms. The quantitative estimate of drug-likeness (QED) is 0.608. The zero-order valence-corrected chi connectivity index (χ0v) is 7.39. The van der Waals surface area contributed by atoms with Crippen molar-refractivity contribution in [3.8, 4) is 0 Å². The first-order valence-electron chi connectivity index (χ1n) is 4.17. The summed E-state index contributed by atoms with van der Waals surface area (Å²) in [5.74, 6) is 0.0206. The molecule has 1 aliphatic carbocycles. The van der Waals surface area contributed by atoms with E-state index in [1.165, 1.54) is 0 Å². The third kappa shape index (κ3) is 2.22. The van der Waals surface area contributed by atoms with Gasteiger partial charge in [-0.2, -0.15) is 0 Å². The van der Waals surface area contributed by atoms with E-state index in [0.29, 0.717) is 0 Å². The van der Waals surface area contributed by atoms with Gasteiger partial charge in [0.05, 0.1) is 0 Å². The van der Waals surface area contributed by atoms with Gasteiger partial charge in [-0.25, -0.2) is 0 Å². The molecule has 0 aromatic heterocycles. The first kappa shape index (κ1) is 9.03. The maximum Gasteiger partial charge on any atom is 0.242 e. The highest BCUT2D eigenvalue weighted by atomic mass is 16.2. The van der Waals surface area contributed by atoms with E-state index in [1.807, 2.05) is 0 Å². The van der Waals surface area contributed by atoms with Crippen molar-refractivity contribution >= 4 is 11.8 Å². The van der Waals surface area contributed by atoms with Gasteiger partial charge in [0.1, 0.15) is 6.04 Å². The summed E-state index contributed by atoms with van der Waals surface area (Å²) < 4.78 is 0. The Labute approximate surface area is 71.7 Å². The second-order valence-electron chi connectivity index (χ2n) is 3.12. The average Bonchev–Trinajstić information content (AvgIpc) is 2.84. The summed E-state index contributed by atoms with van der Waals surface area (Å²) >= 11 is 0. The van der Waals surface area contributed by atoms with Gasteiger partial charge in [0.15, 0.2) is 0 Å². The fourth-order valence-corrected chi connectivity index (χ4v) is 0.959. The van der Waals surface area contributed by atoms with Gasteiger partial charge < -0.3 is 10.6 Å². The minimum Gasteiger partial charge on any atom is -0.357 e. The van der Waals surface area contributed by atoms with E-state index < -0.39 is 6.04 Å². The molecule has 1 fully saturated rings. The van der Waals surface area contributed by atoms with Gasteiger partial charge in [-0.05, 0) is 19.8 Å². The zero-order valence-electron chi connectivity index (χ0n) is 7.39. The number of hydrogen-bond acceptors (Lipinski definition) is 2. The number of amides is 2. The number of likely N-dealkylation sites (N-methyl/N-ethyl adjacent to an activating group) is 1. The normalized spacial score (nSPS) is 18.2. The van der Waals surface area contributed by atoms with Gasteiger partial charge in [0, 0.05) is 13.0 Å². The molecular formula is C8H14N2O2. The molecule has 0 aromatic carbocycles. The van der Waals surface area contributed by atoms with Gasteiger partial charge in [-0.1, -0.05) is 0 Å². The molecule has 1 saturated carbocycles. The standard InChI is InChI=1S/C8H14N2O2/c1-5(7(11)9-2)10-8(12)6-3-4-6/h5-6H,3-4H2,1-2H3,(H,9,11)(H,10,12). The van der Waals surface area contributed by atoms with Crippen molar-refractivity contribution in [2.75, 3.05) is 7.05 Å².